The Bertz CT molecular complexity index is 556. The van der Waals surface area contributed by atoms with Gasteiger partial charge < -0.3 is 0 Å². The monoisotopic (exact) mass is 270 g/mol. The van der Waals surface area contributed by atoms with Crippen molar-refractivity contribution in [2.24, 2.45) is 0 Å². The molecule has 2 heterocycles. The van der Waals surface area contributed by atoms with Crippen molar-refractivity contribution in [3.63, 3.8) is 0 Å². The molecule has 0 aliphatic carbocycles. The second kappa shape index (κ2) is 6.14. The highest BCUT2D eigenvalue weighted by atomic mass is 19.1. The topological polar surface area (TPSA) is 16.1 Å². The third-order valence-corrected chi connectivity index (χ3v) is 3.94. The number of likely N-dealkylation sites (tertiary alicyclic amines) is 1. The van der Waals surface area contributed by atoms with E-state index in [1.165, 1.54) is 18.9 Å². The minimum atomic E-state index is -0.147. The molecule has 0 bridgehead atoms. The van der Waals surface area contributed by atoms with Crippen LogP contribution in [0.3, 0.4) is 0 Å². The molecule has 104 valence electrons. The lowest BCUT2D eigenvalue weighted by molar-refractivity contribution is 0.138. The maximum absolute atomic E-state index is 13.4. The standard InChI is InChI=1S/C17H19FN2/c18-15-7-5-6-14(12-15)17-9-2-4-11-20(17)13-16-8-1-3-10-19-16/h1,3,5-8,10,12,17H,2,4,9,11,13H2/t17-/m1/s1. The third-order valence-electron chi connectivity index (χ3n) is 3.94. The van der Waals surface area contributed by atoms with Crippen molar-refractivity contribution in [1.82, 2.24) is 9.88 Å². The number of piperidine rings is 1. The molecule has 1 fully saturated rings. The van der Waals surface area contributed by atoms with Crippen LogP contribution in [-0.2, 0) is 6.54 Å². The minimum absolute atomic E-state index is 0.147. The van der Waals surface area contributed by atoms with Crippen LogP contribution < -0.4 is 0 Å². The highest BCUT2D eigenvalue weighted by Crippen LogP contribution is 2.32. The molecule has 0 radical (unpaired) electrons. The first-order valence-electron chi connectivity index (χ1n) is 7.22. The molecule has 0 spiro atoms. The first-order chi connectivity index (χ1) is 9.83. The van der Waals surface area contributed by atoms with Gasteiger partial charge in [0.05, 0.1) is 5.69 Å². The lowest BCUT2D eigenvalue weighted by atomic mass is 9.95. The van der Waals surface area contributed by atoms with Gasteiger partial charge in [0.2, 0.25) is 0 Å². The third kappa shape index (κ3) is 3.05. The van der Waals surface area contributed by atoms with Gasteiger partial charge in [-0.1, -0.05) is 24.6 Å². The van der Waals surface area contributed by atoms with E-state index in [2.05, 4.69) is 16.0 Å². The maximum atomic E-state index is 13.4. The summed E-state index contributed by atoms with van der Waals surface area (Å²) in [6, 6.07) is 13.3. The smallest absolute Gasteiger partial charge is 0.123 e. The van der Waals surface area contributed by atoms with E-state index < -0.39 is 0 Å². The Morgan fingerprint density at radius 1 is 1.15 bits per heavy atom. The predicted molar refractivity (Wildman–Crippen MR) is 77.6 cm³/mol. The van der Waals surface area contributed by atoms with Crippen molar-refractivity contribution in [3.05, 3.63) is 65.7 Å². The Morgan fingerprint density at radius 2 is 2.10 bits per heavy atom. The van der Waals surface area contributed by atoms with Crippen LogP contribution in [0.1, 0.15) is 36.6 Å². The fraction of sp³-hybridized carbons (Fsp3) is 0.353. The molecular weight excluding hydrogens is 251 g/mol. The molecule has 0 unspecified atom stereocenters. The van der Waals surface area contributed by atoms with E-state index in [0.29, 0.717) is 6.04 Å². The summed E-state index contributed by atoms with van der Waals surface area (Å²) in [6.07, 6.45) is 5.34. The van der Waals surface area contributed by atoms with E-state index in [1.807, 2.05) is 24.4 Å². The summed E-state index contributed by atoms with van der Waals surface area (Å²) >= 11 is 0. The lowest BCUT2D eigenvalue weighted by Crippen LogP contribution is -2.33. The number of aromatic nitrogens is 1. The molecule has 0 saturated carbocycles. The van der Waals surface area contributed by atoms with Gasteiger partial charge in [0, 0.05) is 18.8 Å². The number of nitrogens with zero attached hydrogens (tertiary/aromatic N) is 2. The van der Waals surface area contributed by atoms with Crippen LogP contribution in [0.2, 0.25) is 0 Å². The lowest BCUT2D eigenvalue weighted by Gasteiger charge is -2.35. The Balaban J connectivity index is 1.80. The van der Waals surface area contributed by atoms with Gasteiger partial charge in [0.25, 0.3) is 0 Å². The van der Waals surface area contributed by atoms with Crippen LogP contribution in [0.15, 0.2) is 48.7 Å². The Kier molecular flexibility index (Phi) is 4.07. The predicted octanol–water partition coefficient (Wildman–Crippen LogP) is 3.95. The van der Waals surface area contributed by atoms with E-state index in [-0.39, 0.29) is 5.82 Å². The molecule has 1 aromatic carbocycles. The molecule has 2 aromatic rings. The Hall–Kier alpha value is -1.74. The van der Waals surface area contributed by atoms with Crippen molar-refractivity contribution in [2.75, 3.05) is 6.54 Å². The van der Waals surface area contributed by atoms with Crippen molar-refractivity contribution in [3.8, 4) is 0 Å². The average molecular weight is 270 g/mol. The summed E-state index contributed by atoms with van der Waals surface area (Å²) in [6.45, 7) is 1.89. The second-order valence-corrected chi connectivity index (χ2v) is 5.36. The molecule has 1 aliphatic rings. The Morgan fingerprint density at radius 3 is 2.90 bits per heavy atom. The summed E-state index contributed by atoms with van der Waals surface area (Å²) in [5.41, 5.74) is 2.16. The van der Waals surface area contributed by atoms with Crippen molar-refractivity contribution in [1.29, 1.82) is 0 Å². The molecular formula is C17H19FN2. The summed E-state index contributed by atoms with van der Waals surface area (Å²) in [7, 11) is 0. The van der Waals surface area contributed by atoms with Gasteiger partial charge in [-0.05, 0) is 49.2 Å². The van der Waals surface area contributed by atoms with Crippen LogP contribution in [0.5, 0.6) is 0 Å². The van der Waals surface area contributed by atoms with Crippen LogP contribution >= 0.6 is 0 Å². The minimum Gasteiger partial charge on any atom is -0.291 e. The van der Waals surface area contributed by atoms with Crippen molar-refractivity contribution in [2.45, 2.75) is 31.8 Å². The summed E-state index contributed by atoms with van der Waals surface area (Å²) < 4.78 is 13.4. The van der Waals surface area contributed by atoms with E-state index in [9.17, 15) is 4.39 Å². The van der Waals surface area contributed by atoms with E-state index >= 15 is 0 Å². The fourth-order valence-corrected chi connectivity index (χ4v) is 2.97. The molecule has 20 heavy (non-hydrogen) atoms. The number of rotatable bonds is 3. The van der Waals surface area contributed by atoms with Crippen LogP contribution in [-0.4, -0.2) is 16.4 Å². The van der Waals surface area contributed by atoms with Crippen LogP contribution in [0.25, 0.3) is 0 Å². The summed E-state index contributed by atoms with van der Waals surface area (Å²) in [5.74, 6) is -0.147. The van der Waals surface area contributed by atoms with Crippen molar-refractivity contribution >= 4 is 0 Å². The molecule has 1 aliphatic heterocycles. The van der Waals surface area contributed by atoms with Crippen LogP contribution in [0.4, 0.5) is 4.39 Å². The van der Waals surface area contributed by atoms with Gasteiger partial charge in [0.15, 0.2) is 0 Å². The number of hydrogen-bond acceptors (Lipinski definition) is 2. The van der Waals surface area contributed by atoms with Gasteiger partial charge >= 0.3 is 0 Å². The number of halogens is 1. The highest BCUT2D eigenvalue weighted by molar-refractivity contribution is 5.21. The van der Waals surface area contributed by atoms with Crippen molar-refractivity contribution < 1.29 is 4.39 Å². The number of hydrogen-bond donors (Lipinski definition) is 0. The summed E-state index contributed by atoms with van der Waals surface area (Å²) in [5, 5.41) is 0. The largest absolute Gasteiger partial charge is 0.291 e. The van der Waals surface area contributed by atoms with E-state index in [1.54, 1.807) is 12.1 Å². The van der Waals surface area contributed by atoms with Gasteiger partial charge in [-0.3, -0.25) is 9.88 Å². The zero-order valence-electron chi connectivity index (χ0n) is 11.5. The first-order valence-corrected chi connectivity index (χ1v) is 7.22. The Labute approximate surface area is 119 Å². The van der Waals surface area contributed by atoms with Crippen LogP contribution in [0, 0.1) is 5.82 Å². The second-order valence-electron chi connectivity index (χ2n) is 5.36. The molecule has 3 heteroatoms. The molecule has 0 N–H and O–H groups in total. The molecule has 2 nitrogen and oxygen atoms in total. The van der Waals surface area contributed by atoms with E-state index in [0.717, 1.165) is 30.8 Å². The molecule has 3 rings (SSSR count). The molecule has 0 amide bonds. The maximum Gasteiger partial charge on any atom is 0.123 e. The normalized spacial score (nSPS) is 19.9. The number of pyridine rings is 1. The highest BCUT2D eigenvalue weighted by Gasteiger charge is 2.24. The fourth-order valence-electron chi connectivity index (χ4n) is 2.97. The number of benzene rings is 1. The molecule has 1 atom stereocenters. The summed E-state index contributed by atoms with van der Waals surface area (Å²) in [4.78, 5) is 6.82. The van der Waals surface area contributed by atoms with Gasteiger partial charge in [-0.15, -0.1) is 0 Å². The molecule has 1 saturated heterocycles. The van der Waals surface area contributed by atoms with Gasteiger partial charge in [-0.2, -0.15) is 0 Å². The quantitative estimate of drug-likeness (QED) is 0.839. The zero-order valence-corrected chi connectivity index (χ0v) is 11.5. The SMILES string of the molecule is Fc1cccc([C@H]2CCCCN2Cc2ccccn2)c1. The average Bonchev–Trinajstić information content (AvgIpc) is 2.49. The van der Waals surface area contributed by atoms with Gasteiger partial charge in [0.1, 0.15) is 5.82 Å². The van der Waals surface area contributed by atoms with E-state index in [4.69, 9.17) is 0 Å². The first kappa shape index (κ1) is 13.3. The molecule has 1 aromatic heterocycles. The van der Waals surface area contributed by atoms with Gasteiger partial charge in [-0.25, -0.2) is 4.39 Å². The zero-order chi connectivity index (χ0) is 13.8.